The molecule has 0 fully saturated rings. The predicted octanol–water partition coefficient (Wildman–Crippen LogP) is 4.20. The van der Waals surface area contributed by atoms with Gasteiger partial charge in [0.15, 0.2) is 5.78 Å². The van der Waals surface area contributed by atoms with E-state index in [1.165, 1.54) is 12.1 Å². The summed E-state index contributed by atoms with van der Waals surface area (Å²) in [4.78, 5) is 12.2. The van der Waals surface area contributed by atoms with Gasteiger partial charge in [0.05, 0.1) is 10.9 Å². The third-order valence-corrected chi connectivity index (χ3v) is 5.49. The molecule has 0 aliphatic rings. The molecule has 0 heterocycles. The van der Waals surface area contributed by atoms with Crippen molar-refractivity contribution in [3.63, 3.8) is 0 Å². The molecule has 1 atom stereocenters. The van der Waals surface area contributed by atoms with E-state index in [0.29, 0.717) is 10.6 Å². The van der Waals surface area contributed by atoms with E-state index in [4.69, 9.17) is 11.6 Å². The van der Waals surface area contributed by atoms with Crippen molar-refractivity contribution in [2.24, 2.45) is 0 Å². The van der Waals surface area contributed by atoms with Gasteiger partial charge in [-0.3, -0.25) is 4.79 Å². The maximum absolute atomic E-state index is 12.7. The Kier molecular flexibility index (Phi) is 6.16. The molecule has 132 valence electrons. The molecule has 2 rings (SSSR count). The monoisotopic (exact) mass is 377 g/mol. The van der Waals surface area contributed by atoms with Gasteiger partial charge in [0.2, 0.25) is 10.0 Å². The van der Waals surface area contributed by atoms with Crippen molar-refractivity contribution in [1.29, 1.82) is 0 Å². The molecule has 0 spiro atoms. The van der Waals surface area contributed by atoms with E-state index in [-0.39, 0.29) is 22.7 Å². The zero-order valence-corrected chi connectivity index (χ0v) is 15.7. The van der Waals surface area contributed by atoms with E-state index in [1.54, 1.807) is 43.3 Å². The highest BCUT2D eigenvalue weighted by Crippen LogP contribution is 2.27. The van der Waals surface area contributed by atoms with Crippen molar-refractivity contribution < 1.29 is 13.2 Å². The highest BCUT2D eigenvalue weighted by Gasteiger charge is 2.26. The topological polar surface area (TPSA) is 63.2 Å². The number of benzene rings is 2. The van der Waals surface area contributed by atoms with Crippen LogP contribution in [0.1, 0.15) is 30.5 Å². The summed E-state index contributed by atoms with van der Waals surface area (Å²) in [5.74, 6) is -0.211. The second-order valence-electron chi connectivity index (χ2n) is 5.72. The van der Waals surface area contributed by atoms with Crippen molar-refractivity contribution in [1.82, 2.24) is 4.72 Å². The van der Waals surface area contributed by atoms with E-state index < -0.39 is 16.1 Å². The van der Waals surface area contributed by atoms with E-state index in [0.717, 1.165) is 5.56 Å². The summed E-state index contributed by atoms with van der Waals surface area (Å²) in [6.45, 7) is 7.38. The minimum Gasteiger partial charge on any atom is -0.295 e. The normalized spacial score (nSPS) is 12.6. The van der Waals surface area contributed by atoms with Gasteiger partial charge in [-0.2, -0.15) is 4.72 Å². The lowest BCUT2D eigenvalue weighted by Crippen LogP contribution is -2.31. The van der Waals surface area contributed by atoms with Gasteiger partial charge in [0, 0.05) is 17.0 Å². The highest BCUT2D eigenvalue weighted by atomic mass is 35.5. The van der Waals surface area contributed by atoms with E-state index >= 15 is 0 Å². The number of aryl methyl sites for hydroxylation is 1. The molecule has 0 unspecified atom stereocenters. The van der Waals surface area contributed by atoms with Crippen LogP contribution in [0.5, 0.6) is 0 Å². The summed E-state index contributed by atoms with van der Waals surface area (Å²) in [7, 11) is -3.83. The third-order valence-electron chi connectivity index (χ3n) is 3.81. The van der Waals surface area contributed by atoms with Gasteiger partial charge < -0.3 is 0 Å². The lowest BCUT2D eigenvalue weighted by Gasteiger charge is -2.21. The van der Waals surface area contributed by atoms with Gasteiger partial charge in [0.25, 0.3) is 0 Å². The molecule has 6 heteroatoms. The number of carbonyl (C=O) groups excluding carboxylic acids is 1. The van der Waals surface area contributed by atoms with Crippen LogP contribution in [0.25, 0.3) is 0 Å². The van der Waals surface area contributed by atoms with Crippen LogP contribution in [-0.4, -0.2) is 14.2 Å². The van der Waals surface area contributed by atoms with Crippen LogP contribution in [0.2, 0.25) is 5.02 Å². The maximum atomic E-state index is 12.7. The Balaban J connectivity index is 2.43. The molecule has 0 aliphatic carbocycles. The van der Waals surface area contributed by atoms with Gasteiger partial charge in [-0.15, -0.1) is 0 Å². The number of halogens is 1. The second-order valence-corrected chi connectivity index (χ2v) is 7.87. The summed E-state index contributed by atoms with van der Waals surface area (Å²) >= 11 is 6.02. The van der Waals surface area contributed by atoms with Gasteiger partial charge in [-0.25, -0.2) is 8.42 Å². The van der Waals surface area contributed by atoms with Crippen LogP contribution in [0, 0.1) is 6.92 Å². The van der Waals surface area contributed by atoms with E-state index in [2.05, 4.69) is 11.3 Å². The minimum atomic E-state index is -3.83. The van der Waals surface area contributed by atoms with Gasteiger partial charge >= 0.3 is 0 Å². The second kappa shape index (κ2) is 7.95. The fourth-order valence-electron chi connectivity index (χ4n) is 2.36. The molecule has 0 amide bonds. The Morgan fingerprint density at radius 3 is 2.40 bits per heavy atom. The van der Waals surface area contributed by atoms with Crippen molar-refractivity contribution in [2.45, 2.75) is 31.2 Å². The summed E-state index contributed by atoms with van der Waals surface area (Å²) in [5, 5.41) is 0.453. The van der Waals surface area contributed by atoms with Crippen molar-refractivity contribution >= 4 is 27.4 Å². The molecule has 0 radical (unpaired) electrons. The van der Waals surface area contributed by atoms with Crippen LogP contribution in [0.3, 0.4) is 0 Å². The molecule has 0 bridgehead atoms. The number of hydrogen-bond acceptors (Lipinski definition) is 3. The molecular formula is C19H20ClNO3S. The van der Waals surface area contributed by atoms with Crippen LogP contribution < -0.4 is 4.72 Å². The summed E-state index contributed by atoms with van der Waals surface area (Å²) in [6, 6.07) is 12.3. The van der Waals surface area contributed by atoms with Crippen LogP contribution in [-0.2, 0) is 14.8 Å². The number of carbonyl (C=O) groups is 1. The van der Waals surface area contributed by atoms with Crippen LogP contribution >= 0.6 is 11.6 Å². The van der Waals surface area contributed by atoms with Gasteiger partial charge in [-0.1, -0.05) is 54.9 Å². The zero-order chi connectivity index (χ0) is 18.6. The summed E-state index contributed by atoms with van der Waals surface area (Å²) in [5.41, 5.74) is 1.70. The van der Waals surface area contributed by atoms with Crippen LogP contribution in [0.15, 0.2) is 65.6 Å². The zero-order valence-electron chi connectivity index (χ0n) is 14.1. The first kappa shape index (κ1) is 19.4. The largest absolute Gasteiger partial charge is 0.295 e. The maximum Gasteiger partial charge on any atom is 0.241 e. The Hall–Kier alpha value is -1.95. The fourth-order valence-corrected chi connectivity index (χ4v) is 3.77. The lowest BCUT2D eigenvalue weighted by atomic mass is 9.97. The fraction of sp³-hybridized carbons (Fsp3) is 0.211. The average Bonchev–Trinajstić information content (AvgIpc) is 2.58. The highest BCUT2D eigenvalue weighted by molar-refractivity contribution is 7.89. The first-order valence-corrected chi connectivity index (χ1v) is 9.67. The summed E-state index contributed by atoms with van der Waals surface area (Å²) < 4.78 is 28.0. The van der Waals surface area contributed by atoms with Crippen LogP contribution in [0.4, 0.5) is 0 Å². The molecule has 2 aromatic rings. The van der Waals surface area contributed by atoms with E-state index in [9.17, 15) is 13.2 Å². The van der Waals surface area contributed by atoms with Gasteiger partial charge in [-0.05, 0) is 36.8 Å². The molecule has 25 heavy (non-hydrogen) atoms. The number of hydrogen-bond donors (Lipinski definition) is 1. The smallest absolute Gasteiger partial charge is 0.241 e. The summed E-state index contributed by atoms with van der Waals surface area (Å²) in [6.07, 6.45) is 0.238. The van der Waals surface area contributed by atoms with Gasteiger partial charge in [0.1, 0.15) is 0 Å². The quantitative estimate of drug-likeness (QED) is 0.735. The standard InChI is InChI=1S/C19H20ClNO3S/c1-4-18(22)14(3)19(15-6-5-7-16(20)12-15)21-25(23,24)17-10-8-13(2)9-11-17/h5-12,19,21H,3-4H2,1-2H3/t19-/m1/s1. The molecule has 2 aromatic carbocycles. The minimum absolute atomic E-state index is 0.127. The molecule has 4 nitrogen and oxygen atoms in total. The number of ketones is 1. The first-order chi connectivity index (χ1) is 11.7. The molecule has 1 N–H and O–H groups in total. The Labute approximate surface area is 153 Å². The number of rotatable bonds is 7. The van der Waals surface area contributed by atoms with Crippen molar-refractivity contribution in [3.8, 4) is 0 Å². The number of sulfonamides is 1. The van der Waals surface area contributed by atoms with E-state index in [1.807, 2.05) is 6.92 Å². The molecule has 0 aliphatic heterocycles. The predicted molar refractivity (Wildman–Crippen MR) is 100 cm³/mol. The Bertz CT molecular complexity index is 889. The molecule has 0 saturated heterocycles. The number of nitrogens with one attached hydrogen (secondary N) is 1. The third kappa shape index (κ3) is 4.78. The Morgan fingerprint density at radius 2 is 1.84 bits per heavy atom. The van der Waals surface area contributed by atoms with Crippen molar-refractivity contribution in [2.75, 3.05) is 0 Å². The molecule has 0 saturated carbocycles. The first-order valence-electron chi connectivity index (χ1n) is 7.81. The average molecular weight is 378 g/mol. The molecular weight excluding hydrogens is 358 g/mol. The number of Topliss-reactive ketones (excluding diaryl/α,β-unsaturated/α-hetero) is 1. The lowest BCUT2D eigenvalue weighted by molar-refractivity contribution is -0.115. The molecule has 0 aromatic heterocycles. The van der Waals surface area contributed by atoms with Crippen molar-refractivity contribution in [3.05, 3.63) is 76.8 Å². The SMILES string of the molecule is C=C(C(=O)CC)[C@@H](NS(=O)(=O)c1ccc(C)cc1)c1cccc(Cl)c1. The Morgan fingerprint density at radius 1 is 1.20 bits per heavy atom.